The zero-order chi connectivity index (χ0) is 14.2. The lowest BCUT2D eigenvalue weighted by Crippen LogP contribution is -2.22. The Hall–Kier alpha value is -1.06. The summed E-state index contributed by atoms with van der Waals surface area (Å²) in [5.74, 6) is 0.771. The van der Waals surface area contributed by atoms with Crippen molar-refractivity contribution in [3.8, 4) is 0 Å². The van der Waals surface area contributed by atoms with E-state index >= 15 is 0 Å². The SMILES string of the molecule is CCN(CC)c1ccc(CNCCC2CCOC2)cc1. The first kappa shape index (κ1) is 15.3. The Morgan fingerprint density at radius 1 is 1.20 bits per heavy atom. The largest absolute Gasteiger partial charge is 0.381 e. The van der Waals surface area contributed by atoms with Crippen LogP contribution >= 0.6 is 0 Å². The second-order valence-corrected chi connectivity index (χ2v) is 5.53. The van der Waals surface area contributed by atoms with Crippen molar-refractivity contribution < 1.29 is 4.74 Å². The molecule has 0 amide bonds. The van der Waals surface area contributed by atoms with Crippen molar-refractivity contribution in [2.45, 2.75) is 33.2 Å². The molecule has 1 atom stereocenters. The van der Waals surface area contributed by atoms with Crippen LogP contribution in [0.1, 0.15) is 32.3 Å². The fourth-order valence-corrected chi connectivity index (χ4v) is 2.76. The fraction of sp³-hybridized carbons (Fsp3) is 0.647. The fourth-order valence-electron chi connectivity index (χ4n) is 2.76. The summed E-state index contributed by atoms with van der Waals surface area (Å²) in [5.41, 5.74) is 2.69. The van der Waals surface area contributed by atoms with Crippen LogP contribution in [0.15, 0.2) is 24.3 Å². The maximum Gasteiger partial charge on any atom is 0.0495 e. The lowest BCUT2D eigenvalue weighted by Gasteiger charge is -2.21. The monoisotopic (exact) mass is 276 g/mol. The summed E-state index contributed by atoms with van der Waals surface area (Å²) in [5, 5.41) is 3.54. The average Bonchev–Trinajstić information content (AvgIpc) is 3.00. The summed E-state index contributed by atoms with van der Waals surface area (Å²) in [4.78, 5) is 2.37. The summed E-state index contributed by atoms with van der Waals surface area (Å²) in [6, 6.07) is 8.93. The molecule has 0 radical (unpaired) electrons. The van der Waals surface area contributed by atoms with E-state index in [0.29, 0.717) is 0 Å². The zero-order valence-electron chi connectivity index (χ0n) is 12.9. The summed E-state index contributed by atoms with van der Waals surface area (Å²) in [7, 11) is 0. The van der Waals surface area contributed by atoms with Crippen LogP contribution in [0.5, 0.6) is 0 Å². The van der Waals surface area contributed by atoms with Crippen LogP contribution in [0, 0.1) is 5.92 Å². The lowest BCUT2D eigenvalue weighted by molar-refractivity contribution is 0.184. The highest BCUT2D eigenvalue weighted by Crippen LogP contribution is 2.16. The minimum absolute atomic E-state index is 0.771. The first-order valence-electron chi connectivity index (χ1n) is 7.95. The van der Waals surface area contributed by atoms with E-state index in [0.717, 1.165) is 45.3 Å². The second-order valence-electron chi connectivity index (χ2n) is 5.53. The first-order valence-corrected chi connectivity index (χ1v) is 7.95. The van der Waals surface area contributed by atoms with E-state index in [2.05, 4.69) is 48.3 Å². The molecule has 1 N–H and O–H groups in total. The highest BCUT2D eigenvalue weighted by molar-refractivity contribution is 5.47. The molecule has 1 heterocycles. The van der Waals surface area contributed by atoms with Crippen LogP contribution < -0.4 is 10.2 Å². The van der Waals surface area contributed by atoms with Crippen LogP contribution in [0.25, 0.3) is 0 Å². The Kier molecular flexibility index (Phi) is 6.34. The quantitative estimate of drug-likeness (QED) is 0.739. The van der Waals surface area contributed by atoms with Gasteiger partial charge < -0.3 is 15.0 Å². The lowest BCUT2D eigenvalue weighted by atomic mass is 10.1. The second kappa shape index (κ2) is 8.28. The molecular formula is C17H28N2O. The van der Waals surface area contributed by atoms with Crippen molar-refractivity contribution >= 4 is 5.69 Å². The molecule has 0 bridgehead atoms. The number of anilines is 1. The standard InChI is InChI=1S/C17H28N2O/c1-3-19(4-2)17-7-5-15(6-8-17)13-18-11-9-16-10-12-20-14-16/h5-8,16,18H,3-4,9-14H2,1-2H3. The van der Waals surface area contributed by atoms with Crippen molar-refractivity contribution in [3.63, 3.8) is 0 Å². The van der Waals surface area contributed by atoms with E-state index in [1.54, 1.807) is 0 Å². The summed E-state index contributed by atoms with van der Waals surface area (Å²) in [6.07, 6.45) is 2.47. The Morgan fingerprint density at radius 3 is 2.55 bits per heavy atom. The summed E-state index contributed by atoms with van der Waals surface area (Å²) in [6.45, 7) is 10.5. The van der Waals surface area contributed by atoms with Gasteiger partial charge in [0.15, 0.2) is 0 Å². The smallest absolute Gasteiger partial charge is 0.0495 e. The van der Waals surface area contributed by atoms with Gasteiger partial charge in [-0.1, -0.05) is 12.1 Å². The number of nitrogens with one attached hydrogen (secondary N) is 1. The highest BCUT2D eigenvalue weighted by Gasteiger charge is 2.14. The van der Waals surface area contributed by atoms with Crippen LogP contribution in [-0.2, 0) is 11.3 Å². The third kappa shape index (κ3) is 4.50. The molecule has 112 valence electrons. The molecule has 1 fully saturated rings. The molecule has 0 aromatic heterocycles. The third-order valence-corrected chi connectivity index (χ3v) is 4.15. The van der Waals surface area contributed by atoms with Gasteiger partial charge in [0.1, 0.15) is 0 Å². The van der Waals surface area contributed by atoms with Crippen LogP contribution in [-0.4, -0.2) is 32.8 Å². The van der Waals surface area contributed by atoms with Gasteiger partial charge in [0, 0.05) is 38.5 Å². The molecule has 1 unspecified atom stereocenters. The molecule has 3 nitrogen and oxygen atoms in total. The van der Waals surface area contributed by atoms with E-state index in [-0.39, 0.29) is 0 Å². The molecular weight excluding hydrogens is 248 g/mol. The zero-order valence-corrected chi connectivity index (χ0v) is 12.9. The number of nitrogens with zero attached hydrogens (tertiary/aromatic N) is 1. The topological polar surface area (TPSA) is 24.5 Å². The van der Waals surface area contributed by atoms with Crippen LogP contribution in [0.3, 0.4) is 0 Å². The summed E-state index contributed by atoms with van der Waals surface area (Å²) >= 11 is 0. The minimum atomic E-state index is 0.771. The van der Waals surface area contributed by atoms with Gasteiger partial charge >= 0.3 is 0 Å². The molecule has 1 aromatic carbocycles. The maximum absolute atomic E-state index is 5.40. The predicted molar refractivity (Wildman–Crippen MR) is 85.3 cm³/mol. The Labute approximate surface area is 123 Å². The average molecular weight is 276 g/mol. The molecule has 1 aromatic rings. The van der Waals surface area contributed by atoms with E-state index in [9.17, 15) is 0 Å². The van der Waals surface area contributed by atoms with Crippen LogP contribution in [0.4, 0.5) is 5.69 Å². The van der Waals surface area contributed by atoms with Gasteiger partial charge in [-0.3, -0.25) is 0 Å². The first-order chi connectivity index (χ1) is 9.83. The molecule has 1 aliphatic rings. The van der Waals surface area contributed by atoms with Crippen molar-refractivity contribution in [2.75, 3.05) is 37.7 Å². The van der Waals surface area contributed by atoms with Gasteiger partial charge in [-0.15, -0.1) is 0 Å². The Bertz CT molecular complexity index is 367. The molecule has 1 saturated heterocycles. The van der Waals surface area contributed by atoms with Gasteiger partial charge in [0.2, 0.25) is 0 Å². The highest BCUT2D eigenvalue weighted by atomic mass is 16.5. The molecule has 20 heavy (non-hydrogen) atoms. The third-order valence-electron chi connectivity index (χ3n) is 4.15. The van der Waals surface area contributed by atoms with Crippen molar-refractivity contribution in [2.24, 2.45) is 5.92 Å². The number of rotatable bonds is 8. The normalized spacial score (nSPS) is 18.4. The van der Waals surface area contributed by atoms with Gasteiger partial charge in [-0.2, -0.15) is 0 Å². The molecule has 2 rings (SSSR count). The van der Waals surface area contributed by atoms with E-state index in [1.165, 1.54) is 24.1 Å². The molecule has 0 aliphatic carbocycles. The van der Waals surface area contributed by atoms with E-state index in [4.69, 9.17) is 4.74 Å². The number of hydrogen-bond donors (Lipinski definition) is 1. The molecule has 0 spiro atoms. The van der Waals surface area contributed by atoms with Crippen molar-refractivity contribution in [3.05, 3.63) is 29.8 Å². The van der Waals surface area contributed by atoms with Crippen molar-refractivity contribution in [1.82, 2.24) is 5.32 Å². The van der Waals surface area contributed by atoms with E-state index in [1.807, 2.05) is 0 Å². The molecule has 1 aliphatic heterocycles. The molecule has 3 heteroatoms. The summed E-state index contributed by atoms with van der Waals surface area (Å²) < 4.78 is 5.40. The van der Waals surface area contributed by atoms with Gasteiger partial charge in [0.25, 0.3) is 0 Å². The number of hydrogen-bond acceptors (Lipinski definition) is 3. The van der Waals surface area contributed by atoms with Gasteiger partial charge in [-0.25, -0.2) is 0 Å². The molecule has 0 saturated carbocycles. The van der Waals surface area contributed by atoms with Gasteiger partial charge in [0.05, 0.1) is 0 Å². The van der Waals surface area contributed by atoms with Crippen LogP contribution in [0.2, 0.25) is 0 Å². The maximum atomic E-state index is 5.40. The predicted octanol–water partition coefficient (Wildman–Crippen LogP) is 3.05. The Morgan fingerprint density at radius 2 is 1.95 bits per heavy atom. The number of benzene rings is 1. The number of ether oxygens (including phenoxy) is 1. The van der Waals surface area contributed by atoms with Gasteiger partial charge in [-0.05, 0) is 56.8 Å². The van der Waals surface area contributed by atoms with Crippen molar-refractivity contribution in [1.29, 1.82) is 0 Å². The van der Waals surface area contributed by atoms with E-state index < -0.39 is 0 Å². The minimum Gasteiger partial charge on any atom is -0.381 e. The Balaban J connectivity index is 1.70.